The van der Waals surface area contributed by atoms with Crippen molar-refractivity contribution in [3.63, 3.8) is 0 Å². The highest BCUT2D eigenvalue weighted by molar-refractivity contribution is 5.20. The molecule has 0 amide bonds. The molecular formula is C21H17F19O2. The van der Waals surface area contributed by atoms with E-state index in [1.54, 1.807) is 0 Å². The van der Waals surface area contributed by atoms with E-state index in [0.29, 0.717) is 0 Å². The molecule has 1 rings (SSSR count). The molecule has 0 spiro atoms. The summed E-state index contributed by atoms with van der Waals surface area (Å²) in [5.74, 6) is -67.1. The lowest BCUT2D eigenvalue weighted by atomic mass is 9.86. The number of halogens is 19. The van der Waals surface area contributed by atoms with E-state index in [2.05, 4.69) is 9.78 Å². The van der Waals surface area contributed by atoms with Crippen LogP contribution >= 0.6 is 0 Å². The number of alkyl halides is 19. The van der Waals surface area contributed by atoms with Crippen molar-refractivity contribution >= 4 is 0 Å². The highest BCUT2D eigenvalue weighted by Gasteiger charge is 2.96. The summed E-state index contributed by atoms with van der Waals surface area (Å²) in [5.41, 5.74) is -2.11. The molecule has 0 aliphatic rings. The average molecular weight is 662 g/mol. The van der Waals surface area contributed by atoms with Crippen LogP contribution in [0.15, 0.2) is 30.3 Å². The van der Waals surface area contributed by atoms with E-state index < -0.39 is 77.2 Å². The molecule has 0 bridgehead atoms. The predicted molar refractivity (Wildman–Crippen MR) is 101 cm³/mol. The maximum atomic E-state index is 14.5. The lowest BCUT2D eigenvalue weighted by Crippen LogP contribution is -2.75. The Balaban J connectivity index is 3.68. The minimum absolute atomic E-state index is 0.641. The van der Waals surface area contributed by atoms with Crippen molar-refractivity contribution in [2.75, 3.05) is 0 Å². The standard InChI is InChI=1S/C21H17F19O2/c1-12(2,3)42-41-11(10-7-5-4-6-8-10)9-13(22,23)14(24,25)15(26,27)16(28,29)17(30,31)18(32,33)19(34,35)20(36,37)21(38,39)40/h4-8,11H,9H2,1-3H3. The van der Waals surface area contributed by atoms with Gasteiger partial charge in [-0.05, 0) is 26.3 Å². The normalized spacial score (nSPS) is 16.5. The van der Waals surface area contributed by atoms with Gasteiger partial charge in [0.1, 0.15) is 6.10 Å². The van der Waals surface area contributed by atoms with Crippen LogP contribution in [0.4, 0.5) is 83.4 Å². The van der Waals surface area contributed by atoms with Gasteiger partial charge in [0, 0.05) is 0 Å². The quantitative estimate of drug-likeness (QED) is 0.126. The van der Waals surface area contributed by atoms with Gasteiger partial charge in [0.15, 0.2) is 0 Å². The second-order valence-corrected chi connectivity index (χ2v) is 9.62. The molecule has 0 fully saturated rings. The first kappa shape index (κ1) is 37.8. The third-order valence-electron chi connectivity index (χ3n) is 5.21. The molecule has 21 heteroatoms. The molecule has 2 nitrogen and oxygen atoms in total. The van der Waals surface area contributed by atoms with Crippen molar-refractivity contribution in [2.45, 2.75) is 92.5 Å². The molecule has 0 aromatic heterocycles. The molecule has 0 heterocycles. The molecule has 42 heavy (non-hydrogen) atoms. The van der Waals surface area contributed by atoms with Crippen molar-refractivity contribution in [3.8, 4) is 0 Å². The highest BCUT2D eigenvalue weighted by Crippen LogP contribution is 2.65. The Labute approximate surface area is 222 Å². The SMILES string of the molecule is CC(C)(C)OOC(CC(F)(F)C(F)(F)C(F)(F)C(F)(F)C(F)(F)C(F)(F)C(F)(F)C(F)(F)C(F)(F)F)c1ccccc1. The number of rotatable bonds is 12. The Kier molecular flexibility index (Phi) is 9.69. The molecule has 1 aromatic rings. The zero-order chi connectivity index (χ0) is 33.8. The Bertz CT molecular complexity index is 1060. The van der Waals surface area contributed by atoms with E-state index in [1.807, 2.05) is 0 Å². The van der Waals surface area contributed by atoms with Gasteiger partial charge in [0.2, 0.25) is 0 Å². The summed E-state index contributed by atoms with van der Waals surface area (Å²) in [4.78, 5) is 9.03. The summed E-state index contributed by atoms with van der Waals surface area (Å²) >= 11 is 0. The van der Waals surface area contributed by atoms with Gasteiger partial charge in [-0.25, -0.2) is 9.78 Å². The summed E-state index contributed by atoms with van der Waals surface area (Å²) in [6.07, 6.45) is -13.5. The second-order valence-electron chi connectivity index (χ2n) is 9.62. The molecule has 0 aliphatic carbocycles. The van der Waals surface area contributed by atoms with Crippen LogP contribution < -0.4 is 0 Å². The molecule has 0 saturated carbocycles. The third kappa shape index (κ3) is 5.95. The van der Waals surface area contributed by atoms with Crippen LogP contribution in [0.2, 0.25) is 0 Å². The minimum atomic E-state index is -8.97. The molecule has 0 N–H and O–H groups in total. The van der Waals surface area contributed by atoms with E-state index >= 15 is 0 Å². The maximum Gasteiger partial charge on any atom is 0.460 e. The van der Waals surface area contributed by atoms with Crippen LogP contribution in [0.3, 0.4) is 0 Å². The topological polar surface area (TPSA) is 18.5 Å². The monoisotopic (exact) mass is 662 g/mol. The second kappa shape index (κ2) is 10.8. The molecular weight excluding hydrogens is 645 g/mol. The lowest BCUT2D eigenvalue weighted by Gasteiger charge is -2.44. The largest absolute Gasteiger partial charge is 0.460 e. The van der Waals surface area contributed by atoms with Gasteiger partial charge >= 0.3 is 53.6 Å². The number of benzene rings is 1. The Hall–Kier alpha value is -2.19. The fourth-order valence-electron chi connectivity index (χ4n) is 2.83. The van der Waals surface area contributed by atoms with E-state index in [-0.39, 0.29) is 0 Å². The summed E-state index contributed by atoms with van der Waals surface area (Å²) in [6, 6.07) is 4.75. The first-order valence-corrected chi connectivity index (χ1v) is 10.7. The lowest BCUT2D eigenvalue weighted by molar-refractivity contribution is -0.470. The van der Waals surface area contributed by atoms with E-state index in [4.69, 9.17) is 0 Å². The zero-order valence-electron chi connectivity index (χ0n) is 20.7. The van der Waals surface area contributed by atoms with Gasteiger partial charge < -0.3 is 0 Å². The first-order chi connectivity index (χ1) is 18.2. The van der Waals surface area contributed by atoms with Crippen molar-refractivity contribution < 1.29 is 93.2 Å². The van der Waals surface area contributed by atoms with E-state index in [0.717, 1.165) is 45.0 Å². The average Bonchev–Trinajstić information content (AvgIpc) is 2.80. The van der Waals surface area contributed by atoms with Crippen LogP contribution in [0.5, 0.6) is 0 Å². The third-order valence-corrected chi connectivity index (χ3v) is 5.21. The predicted octanol–water partition coefficient (Wildman–Crippen LogP) is 9.51. The fourth-order valence-corrected chi connectivity index (χ4v) is 2.83. The molecule has 246 valence electrons. The molecule has 0 aliphatic heterocycles. The van der Waals surface area contributed by atoms with Gasteiger partial charge in [0.25, 0.3) is 0 Å². The van der Waals surface area contributed by atoms with E-state index in [1.165, 1.54) is 6.07 Å². The Morgan fingerprint density at radius 2 is 0.833 bits per heavy atom. The van der Waals surface area contributed by atoms with Gasteiger partial charge in [-0.1, -0.05) is 30.3 Å². The van der Waals surface area contributed by atoms with Crippen LogP contribution in [0, 0.1) is 0 Å². The summed E-state index contributed by atoms with van der Waals surface area (Å²) in [7, 11) is 0. The van der Waals surface area contributed by atoms with Gasteiger partial charge in [-0.2, -0.15) is 83.4 Å². The van der Waals surface area contributed by atoms with Crippen LogP contribution in [-0.4, -0.2) is 59.2 Å². The first-order valence-electron chi connectivity index (χ1n) is 10.7. The van der Waals surface area contributed by atoms with Gasteiger partial charge in [-0.3, -0.25) is 0 Å². The molecule has 1 aromatic carbocycles. The molecule has 1 atom stereocenters. The van der Waals surface area contributed by atoms with Crippen molar-refractivity contribution in [2.24, 2.45) is 0 Å². The van der Waals surface area contributed by atoms with Gasteiger partial charge in [-0.15, -0.1) is 0 Å². The zero-order valence-corrected chi connectivity index (χ0v) is 20.7. The Morgan fingerprint density at radius 3 is 1.17 bits per heavy atom. The molecule has 0 saturated heterocycles. The maximum absolute atomic E-state index is 14.5. The summed E-state index contributed by atoms with van der Waals surface area (Å²) in [5, 5.41) is 0. The van der Waals surface area contributed by atoms with Crippen molar-refractivity contribution in [1.29, 1.82) is 0 Å². The van der Waals surface area contributed by atoms with Crippen molar-refractivity contribution in [3.05, 3.63) is 35.9 Å². The molecule has 1 unspecified atom stereocenters. The minimum Gasteiger partial charge on any atom is -0.230 e. The van der Waals surface area contributed by atoms with Crippen LogP contribution in [0.25, 0.3) is 0 Å². The number of hydrogen-bond donors (Lipinski definition) is 0. The Morgan fingerprint density at radius 1 is 0.500 bits per heavy atom. The van der Waals surface area contributed by atoms with Crippen molar-refractivity contribution in [1.82, 2.24) is 0 Å². The van der Waals surface area contributed by atoms with Gasteiger partial charge in [0.05, 0.1) is 12.0 Å². The number of hydrogen-bond acceptors (Lipinski definition) is 2. The van der Waals surface area contributed by atoms with Crippen LogP contribution in [0.1, 0.15) is 38.9 Å². The highest BCUT2D eigenvalue weighted by atomic mass is 19.4. The fraction of sp³-hybridized carbons (Fsp3) is 0.714. The summed E-state index contributed by atoms with van der Waals surface area (Å²) < 4.78 is 257. The molecule has 0 radical (unpaired) electrons. The summed E-state index contributed by atoms with van der Waals surface area (Å²) in [6.45, 7) is 3.45. The van der Waals surface area contributed by atoms with Crippen LogP contribution in [-0.2, 0) is 9.78 Å². The smallest absolute Gasteiger partial charge is 0.230 e. The van der Waals surface area contributed by atoms with E-state index in [9.17, 15) is 83.4 Å².